The maximum atomic E-state index is 12.5. The first kappa shape index (κ1) is 12.2. The van der Waals surface area contributed by atoms with Gasteiger partial charge in [-0.3, -0.25) is 4.79 Å². The molecule has 1 aromatic heterocycles. The van der Waals surface area contributed by atoms with Crippen LogP contribution in [0.15, 0.2) is 41.3 Å². The zero-order valence-corrected chi connectivity index (χ0v) is 8.85. The van der Waals surface area contributed by atoms with E-state index in [0.29, 0.717) is 0 Å². The van der Waals surface area contributed by atoms with E-state index < -0.39 is 17.3 Å². The van der Waals surface area contributed by atoms with Crippen molar-refractivity contribution in [2.75, 3.05) is 0 Å². The molecule has 0 aliphatic rings. The van der Waals surface area contributed by atoms with Gasteiger partial charge in [-0.25, -0.2) is 0 Å². The second-order valence-electron chi connectivity index (χ2n) is 3.51. The van der Waals surface area contributed by atoms with Crippen LogP contribution >= 0.6 is 0 Å². The molecule has 0 bridgehead atoms. The Bertz CT molecular complexity index is 635. The van der Waals surface area contributed by atoms with E-state index >= 15 is 0 Å². The Morgan fingerprint density at radius 2 is 1.94 bits per heavy atom. The van der Waals surface area contributed by atoms with Crippen LogP contribution in [-0.2, 0) is 6.18 Å². The zero-order chi connectivity index (χ0) is 13.3. The Morgan fingerprint density at radius 1 is 1.22 bits per heavy atom. The van der Waals surface area contributed by atoms with Gasteiger partial charge in [0.25, 0.3) is 5.56 Å². The van der Waals surface area contributed by atoms with E-state index in [-0.39, 0.29) is 11.4 Å². The number of aromatic hydroxyl groups is 1. The van der Waals surface area contributed by atoms with Crippen LogP contribution in [0.25, 0.3) is 5.69 Å². The molecular formula is C11H7F3N2O2. The summed E-state index contributed by atoms with van der Waals surface area (Å²) in [6.07, 6.45) is -3.52. The third kappa shape index (κ3) is 2.34. The van der Waals surface area contributed by atoms with Crippen molar-refractivity contribution in [3.63, 3.8) is 0 Å². The molecule has 94 valence electrons. The van der Waals surface area contributed by atoms with Crippen molar-refractivity contribution in [2.24, 2.45) is 0 Å². The van der Waals surface area contributed by atoms with Gasteiger partial charge in [0.1, 0.15) is 5.75 Å². The van der Waals surface area contributed by atoms with Gasteiger partial charge < -0.3 is 5.11 Å². The number of hydrogen-bond acceptors (Lipinski definition) is 3. The molecule has 0 fully saturated rings. The minimum absolute atomic E-state index is 0.0187. The fraction of sp³-hybridized carbons (Fsp3) is 0.0909. The normalized spacial score (nSPS) is 11.5. The van der Waals surface area contributed by atoms with E-state index in [0.717, 1.165) is 29.1 Å². The van der Waals surface area contributed by atoms with Gasteiger partial charge in [0.05, 0.1) is 17.4 Å². The average Bonchev–Trinajstić information content (AvgIpc) is 2.28. The molecule has 0 saturated heterocycles. The molecule has 7 heteroatoms. The van der Waals surface area contributed by atoms with Crippen LogP contribution in [0, 0.1) is 0 Å². The van der Waals surface area contributed by atoms with E-state index in [1.807, 2.05) is 0 Å². The molecule has 18 heavy (non-hydrogen) atoms. The van der Waals surface area contributed by atoms with Crippen LogP contribution in [-0.4, -0.2) is 14.9 Å². The fourth-order valence-electron chi connectivity index (χ4n) is 1.41. The quantitative estimate of drug-likeness (QED) is 0.848. The van der Waals surface area contributed by atoms with Crippen molar-refractivity contribution in [3.05, 3.63) is 52.4 Å². The van der Waals surface area contributed by atoms with Crippen LogP contribution in [0.5, 0.6) is 5.75 Å². The van der Waals surface area contributed by atoms with E-state index in [2.05, 4.69) is 5.10 Å². The number of nitrogens with zero attached hydrogens (tertiary/aromatic N) is 2. The number of benzene rings is 1. The Morgan fingerprint density at radius 3 is 2.56 bits per heavy atom. The van der Waals surface area contributed by atoms with Crippen molar-refractivity contribution >= 4 is 0 Å². The summed E-state index contributed by atoms with van der Waals surface area (Å²) in [6, 6.07) is 5.08. The van der Waals surface area contributed by atoms with Gasteiger partial charge in [0.2, 0.25) is 0 Å². The summed E-state index contributed by atoms with van der Waals surface area (Å²) in [5.41, 5.74) is -1.61. The number of hydrogen-bond donors (Lipinski definition) is 1. The summed E-state index contributed by atoms with van der Waals surface area (Å²) in [5.74, 6) is -0.344. The molecule has 0 aliphatic carbocycles. The first-order valence-corrected chi connectivity index (χ1v) is 4.84. The molecular weight excluding hydrogens is 249 g/mol. The zero-order valence-electron chi connectivity index (χ0n) is 8.85. The molecule has 1 heterocycles. The first-order valence-electron chi connectivity index (χ1n) is 4.84. The van der Waals surface area contributed by atoms with E-state index in [1.54, 1.807) is 0 Å². The molecule has 4 nitrogen and oxygen atoms in total. The van der Waals surface area contributed by atoms with Gasteiger partial charge in [-0.1, -0.05) is 6.07 Å². The van der Waals surface area contributed by atoms with Crippen LogP contribution < -0.4 is 5.56 Å². The van der Waals surface area contributed by atoms with E-state index in [9.17, 15) is 18.0 Å². The van der Waals surface area contributed by atoms with Gasteiger partial charge in [-0.2, -0.15) is 23.0 Å². The van der Waals surface area contributed by atoms with E-state index in [4.69, 9.17) is 5.11 Å². The molecule has 1 N–H and O–H groups in total. The number of alkyl halides is 3. The third-order valence-electron chi connectivity index (χ3n) is 2.20. The largest absolute Gasteiger partial charge is 0.506 e. The summed E-state index contributed by atoms with van der Waals surface area (Å²) in [6.45, 7) is 0. The SMILES string of the molecule is O=c1cc(O)cnn1-c1cccc(C(F)(F)F)c1. The highest BCUT2D eigenvalue weighted by molar-refractivity contribution is 5.36. The molecule has 1 aromatic carbocycles. The summed E-state index contributed by atoms with van der Waals surface area (Å²) < 4.78 is 38.3. The highest BCUT2D eigenvalue weighted by Gasteiger charge is 2.30. The summed E-state index contributed by atoms with van der Waals surface area (Å²) in [4.78, 5) is 11.5. The lowest BCUT2D eigenvalue weighted by molar-refractivity contribution is -0.137. The van der Waals surface area contributed by atoms with Crippen molar-refractivity contribution in [3.8, 4) is 11.4 Å². The van der Waals surface area contributed by atoms with Gasteiger partial charge in [-0.15, -0.1) is 0 Å². The Balaban J connectivity index is 2.55. The highest BCUT2D eigenvalue weighted by Crippen LogP contribution is 2.29. The van der Waals surface area contributed by atoms with Crippen molar-refractivity contribution in [2.45, 2.75) is 6.18 Å². The highest BCUT2D eigenvalue weighted by atomic mass is 19.4. The molecule has 0 radical (unpaired) electrons. The molecule has 2 aromatic rings. The lowest BCUT2D eigenvalue weighted by atomic mass is 10.2. The minimum atomic E-state index is -4.49. The Hall–Kier alpha value is -2.31. The maximum Gasteiger partial charge on any atom is 0.416 e. The minimum Gasteiger partial charge on any atom is -0.506 e. The van der Waals surface area contributed by atoms with Crippen LogP contribution in [0.2, 0.25) is 0 Å². The van der Waals surface area contributed by atoms with Crippen molar-refractivity contribution < 1.29 is 18.3 Å². The second-order valence-corrected chi connectivity index (χ2v) is 3.51. The molecule has 0 atom stereocenters. The van der Waals surface area contributed by atoms with Crippen molar-refractivity contribution in [1.82, 2.24) is 9.78 Å². The van der Waals surface area contributed by atoms with E-state index in [1.165, 1.54) is 12.1 Å². The van der Waals surface area contributed by atoms with Gasteiger partial charge in [0, 0.05) is 6.07 Å². The summed E-state index contributed by atoms with van der Waals surface area (Å²) in [7, 11) is 0. The first-order chi connectivity index (χ1) is 8.38. The number of rotatable bonds is 1. The van der Waals surface area contributed by atoms with Crippen LogP contribution in [0.4, 0.5) is 13.2 Å². The van der Waals surface area contributed by atoms with Crippen molar-refractivity contribution in [1.29, 1.82) is 0 Å². The smallest absolute Gasteiger partial charge is 0.416 e. The summed E-state index contributed by atoms with van der Waals surface area (Å²) in [5, 5.41) is 12.6. The topological polar surface area (TPSA) is 55.1 Å². The molecule has 2 rings (SSSR count). The van der Waals surface area contributed by atoms with Crippen LogP contribution in [0.3, 0.4) is 0 Å². The lowest BCUT2D eigenvalue weighted by Crippen LogP contribution is -2.20. The van der Waals surface area contributed by atoms with Gasteiger partial charge >= 0.3 is 6.18 Å². The predicted octanol–water partition coefficient (Wildman–Crippen LogP) is 1.96. The molecule has 0 spiro atoms. The predicted molar refractivity (Wildman–Crippen MR) is 56.5 cm³/mol. The summed E-state index contributed by atoms with van der Waals surface area (Å²) >= 11 is 0. The fourth-order valence-corrected chi connectivity index (χ4v) is 1.41. The lowest BCUT2D eigenvalue weighted by Gasteiger charge is -2.09. The second kappa shape index (κ2) is 4.17. The maximum absolute atomic E-state index is 12.5. The van der Waals surface area contributed by atoms with Gasteiger partial charge in [-0.05, 0) is 18.2 Å². The molecule has 0 aliphatic heterocycles. The molecule has 0 saturated carbocycles. The number of halogens is 3. The Labute approximate surface area is 98.9 Å². The third-order valence-corrected chi connectivity index (χ3v) is 2.20. The Kier molecular flexibility index (Phi) is 2.82. The van der Waals surface area contributed by atoms with Gasteiger partial charge in [0.15, 0.2) is 0 Å². The number of aromatic nitrogens is 2. The monoisotopic (exact) mass is 256 g/mol. The molecule has 0 unspecified atom stereocenters. The van der Waals surface area contributed by atoms with Crippen LogP contribution in [0.1, 0.15) is 5.56 Å². The molecule has 0 amide bonds. The average molecular weight is 256 g/mol. The standard InChI is InChI=1S/C11H7F3N2O2/c12-11(13,14)7-2-1-3-8(4-7)16-10(18)5-9(17)6-15-16/h1-6,17H.